The second-order valence-electron chi connectivity index (χ2n) is 3.64. The third-order valence-electron chi connectivity index (χ3n) is 2.10. The van der Waals surface area contributed by atoms with Gasteiger partial charge in [-0.05, 0) is 19.1 Å². The fourth-order valence-corrected chi connectivity index (χ4v) is 1.49. The lowest BCUT2D eigenvalue weighted by atomic mass is 10.3. The smallest absolute Gasteiger partial charge is 0.302 e. The molecule has 0 N–H and O–H groups in total. The van der Waals surface area contributed by atoms with Crippen LogP contribution in [-0.4, -0.2) is 25.7 Å². The topological polar surface area (TPSA) is 29.5 Å². The predicted molar refractivity (Wildman–Crippen MR) is 60.9 cm³/mol. The van der Waals surface area contributed by atoms with Gasteiger partial charge in [-0.25, -0.2) is 0 Å². The number of rotatable bonds is 4. The number of carbonyl (C=O) groups is 1. The number of anilines is 1. The minimum absolute atomic E-state index is 0.0901. The van der Waals surface area contributed by atoms with Crippen LogP contribution in [0.25, 0.3) is 0 Å². The van der Waals surface area contributed by atoms with Crippen molar-refractivity contribution in [1.29, 1.82) is 0 Å². The highest BCUT2D eigenvalue weighted by atomic mass is 16.5. The van der Waals surface area contributed by atoms with E-state index in [1.54, 1.807) is 0 Å². The summed E-state index contributed by atoms with van der Waals surface area (Å²) in [5, 5.41) is 0. The Morgan fingerprint density at radius 3 is 2.53 bits per heavy atom. The standard InChI is InChI=1S/C12H17NO2/c1-10(15-11(2)14)9-13(3)12-7-5-4-6-8-12/h4-8,10H,9H2,1-3H3. The second-order valence-corrected chi connectivity index (χ2v) is 3.64. The number of esters is 1. The Balaban J connectivity index is 2.49. The molecular formula is C12H17NO2. The number of benzene rings is 1. The minimum Gasteiger partial charge on any atom is -0.461 e. The van der Waals surface area contributed by atoms with Crippen LogP contribution in [0.5, 0.6) is 0 Å². The maximum atomic E-state index is 10.7. The van der Waals surface area contributed by atoms with Crippen molar-refractivity contribution in [2.24, 2.45) is 0 Å². The fourth-order valence-electron chi connectivity index (χ4n) is 1.49. The van der Waals surface area contributed by atoms with Crippen molar-refractivity contribution in [1.82, 2.24) is 0 Å². The van der Waals surface area contributed by atoms with Crippen LogP contribution in [0.1, 0.15) is 13.8 Å². The zero-order chi connectivity index (χ0) is 11.3. The number of likely N-dealkylation sites (N-methyl/N-ethyl adjacent to an activating group) is 1. The molecule has 0 saturated heterocycles. The van der Waals surface area contributed by atoms with Gasteiger partial charge in [0, 0.05) is 19.7 Å². The van der Waals surface area contributed by atoms with Crippen LogP contribution in [0.4, 0.5) is 5.69 Å². The molecule has 3 heteroatoms. The van der Waals surface area contributed by atoms with Crippen molar-refractivity contribution in [3.63, 3.8) is 0 Å². The third kappa shape index (κ3) is 4.02. The quantitative estimate of drug-likeness (QED) is 0.708. The number of para-hydroxylation sites is 1. The molecule has 1 aromatic carbocycles. The average molecular weight is 207 g/mol. The van der Waals surface area contributed by atoms with Crippen molar-refractivity contribution < 1.29 is 9.53 Å². The Morgan fingerprint density at radius 1 is 1.40 bits per heavy atom. The van der Waals surface area contributed by atoms with Crippen molar-refractivity contribution in [2.75, 3.05) is 18.5 Å². The van der Waals surface area contributed by atoms with Gasteiger partial charge in [-0.2, -0.15) is 0 Å². The van der Waals surface area contributed by atoms with Gasteiger partial charge in [0.25, 0.3) is 0 Å². The highest BCUT2D eigenvalue weighted by Crippen LogP contribution is 2.11. The Hall–Kier alpha value is -1.51. The van der Waals surface area contributed by atoms with E-state index in [0.717, 1.165) is 5.69 Å². The molecule has 1 atom stereocenters. The summed E-state index contributed by atoms with van der Waals surface area (Å²) in [4.78, 5) is 12.8. The Bertz CT molecular complexity index is 311. The monoisotopic (exact) mass is 207 g/mol. The van der Waals surface area contributed by atoms with Gasteiger partial charge in [-0.15, -0.1) is 0 Å². The molecule has 0 spiro atoms. The Labute approximate surface area is 90.7 Å². The van der Waals surface area contributed by atoms with Gasteiger partial charge in [0.1, 0.15) is 6.10 Å². The van der Waals surface area contributed by atoms with Crippen LogP contribution in [0.2, 0.25) is 0 Å². The Morgan fingerprint density at radius 2 is 2.00 bits per heavy atom. The van der Waals surface area contributed by atoms with Crippen LogP contribution in [0, 0.1) is 0 Å². The molecule has 0 bridgehead atoms. The first-order valence-electron chi connectivity index (χ1n) is 5.03. The van der Waals surface area contributed by atoms with Crippen LogP contribution >= 0.6 is 0 Å². The first-order chi connectivity index (χ1) is 7.09. The van der Waals surface area contributed by atoms with Gasteiger partial charge in [0.05, 0.1) is 6.54 Å². The molecule has 15 heavy (non-hydrogen) atoms. The van der Waals surface area contributed by atoms with E-state index in [4.69, 9.17) is 4.74 Å². The maximum absolute atomic E-state index is 10.7. The molecule has 0 aliphatic heterocycles. The lowest BCUT2D eigenvalue weighted by Gasteiger charge is -2.23. The largest absolute Gasteiger partial charge is 0.461 e. The molecule has 0 aliphatic carbocycles. The fraction of sp³-hybridized carbons (Fsp3) is 0.417. The maximum Gasteiger partial charge on any atom is 0.302 e. The van der Waals surface area contributed by atoms with Crippen LogP contribution in [0.3, 0.4) is 0 Å². The van der Waals surface area contributed by atoms with Crippen LogP contribution in [-0.2, 0) is 9.53 Å². The molecule has 0 fully saturated rings. The van der Waals surface area contributed by atoms with E-state index in [-0.39, 0.29) is 12.1 Å². The summed E-state index contributed by atoms with van der Waals surface area (Å²) in [6.07, 6.45) is -0.0901. The molecule has 0 radical (unpaired) electrons. The van der Waals surface area contributed by atoms with Gasteiger partial charge < -0.3 is 9.64 Å². The first-order valence-corrected chi connectivity index (χ1v) is 5.03. The summed E-state index contributed by atoms with van der Waals surface area (Å²) in [6, 6.07) is 10.0. The molecule has 0 amide bonds. The molecule has 82 valence electrons. The summed E-state index contributed by atoms with van der Waals surface area (Å²) >= 11 is 0. The molecule has 0 saturated carbocycles. The lowest BCUT2D eigenvalue weighted by molar-refractivity contribution is -0.144. The number of carbonyl (C=O) groups excluding carboxylic acids is 1. The van der Waals surface area contributed by atoms with E-state index in [9.17, 15) is 4.79 Å². The average Bonchev–Trinajstić information content (AvgIpc) is 2.17. The minimum atomic E-state index is -0.232. The third-order valence-corrected chi connectivity index (χ3v) is 2.10. The van der Waals surface area contributed by atoms with E-state index >= 15 is 0 Å². The number of nitrogens with zero attached hydrogens (tertiary/aromatic N) is 1. The van der Waals surface area contributed by atoms with E-state index in [1.807, 2.05) is 44.3 Å². The van der Waals surface area contributed by atoms with Crippen molar-refractivity contribution >= 4 is 11.7 Å². The van der Waals surface area contributed by atoms with Gasteiger partial charge in [0.15, 0.2) is 0 Å². The van der Waals surface area contributed by atoms with Crippen molar-refractivity contribution in [3.8, 4) is 0 Å². The van der Waals surface area contributed by atoms with E-state index < -0.39 is 0 Å². The Kier molecular flexibility index (Phi) is 4.16. The van der Waals surface area contributed by atoms with E-state index in [2.05, 4.69) is 4.90 Å². The predicted octanol–water partition coefficient (Wildman–Crippen LogP) is 2.07. The van der Waals surface area contributed by atoms with Gasteiger partial charge in [-0.3, -0.25) is 4.79 Å². The highest BCUT2D eigenvalue weighted by molar-refractivity contribution is 5.66. The highest BCUT2D eigenvalue weighted by Gasteiger charge is 2.08. The number of hydrogen-bond donors (Lipinski definition) is 0. The summed E-state index contributed by atoms with van der Waals surface area (Å²) in [5.41, 5.74) is 1.12. The summed E-state index contributed by atoms with van der Waals surface area (Å²) in [5.74, 6) is -0.232. The van der Waals surface area contributed by atoms with E-state index in [1.165, 1.54) is 6.92 Å². The molecule has 1 rings (SSSR count). The number of ether oxygens (including phenoxy) is 1. The van der Waals surface area contributed by atoms with Gasteiger partial charge in [-0.1, -0.05) is 18.2 Å². The van der Waals surface area contributed by atoms with Gasteiger partial charge >= 0.3 is 5.97 Å². The van der Waals surface area contributed by atoms with Crippen LogP contribution in [0.15, 0.2) is 30.3 Å². The normalized spacial score (nSPS) is 11.9. The molecule has 0 heterocycles. The van der Waals surface area contributed by atoms with Crippen molar-refractivity contribution in [3.05, 3.63) is 30.3 Å². The molecule has 0 aliphatic rings. The molecule has 1 aromatic rings. The number of hydrogen-bond acceptors (Lipinski definition) is 3. The lowest BCUT2D eigenvalue weighted by Crippen LogP contribution is -2.30. The summed E-state index contributed by atoms with van der Waals surface area (Å²) in [6.45, 7) is 4.02. The van der Waals surface area contributed by atoms with Crippen LogP contribution < -0.4 is 4.90 Å². The molecule has 3 nitrogen and oxygen atoms in total. The van der Waals surface area contributed by atoms with Gasteiger partial charge in [0.2, 0.25) is 0 Å². The molecule has 1 unspecified atom stereocenters. The zero-order valence-electron chi connectivity index (χ0n) is 9.43. The summed E-state index contributed by atoms with van der Waals surface area (Å²) < 4.78 is 5.06. The SMILES string of the molecule is CC(=O)OC(C)CN(C)c1ccccc1. The first kappa shape index (κ1) is 11.6. The van der Waals surface area contributed by atoms with E-state index in [0.29, 0.717) is 6.54 Å². The van der Waals surface area contributed by atoms with Crippen molar-refractivity contribution in [2.45, 2.75) is 20.0 Å². The molecule has 0 aromatic heterocycles. The second kappa shape index (κ2) is 5.39. The zero-order valence-corrected chi connectivity index (χ0v) is 9.43. The molecular weight excluding hydrogens is 190 g/mol. The summed E-state index contributed by atoms with van der Waals surface area (Å²) in [7, 11) is 1.98.